The Hall–Kier alpha value is -3.26. The molecule has 0 aliphatic carbocycles. The van der Waals surface area contributed by atoms with Crippen molar-refractivity contribution in [2.45, 2.75) is 31.8 Å². The summed E-state index contributed by atoms with van der Waals surface area (Å²) >= 11 is 0. The van der Waals surface area contributed by atoms with Crippen LogP contribution >= 0.6 is 0 Å². The minimum absolute atomic E-state index is 0.0547. The van der Waals surface area contributed by atoms with Gasteiger partial charge in [0.15, 0.2) is 0 Å². The van der Waals surface area contributed by atoms with Gasteiger partial charge in [-0.1, -0.05) is 18.2 Å². The lowest BCUT2D eigenvalue weighted by molar-refractivity contribution is -0.127. The summed E-state index contributed by atoms with van der Waals surface area (Å²) in [4.78, 5) is 29.8. The van der Waals surface area contributed by atoms with Gasteiger partial charge < -0.3 is 24.4 Å². The van der Waals surface area contributed by atoms with Gasteiger partial charge in [-0.3, -0.25) is 14.5 Å². The summed E-state index contributed by atoms with van der Waals surface area (Å²) in [6, 6.07) is 13.5. The largest absolute Gasteiger partial charge is 0.497 e. The van der Waals surface area contributed by atoms with Crippen LogP contribution in [0.5, 0.6) is 17.2 Å². The summed E-state index contributed by atoms with van der Waals surface area (Å²) in [5.41, 5.74) is 1.80. The number of para-hydroxylation sites is 1. The van der Waals surface area contributed by atoms with Gasteiger partial charge in [0.05, 0.1) is 32.9 Å². The predicted octanol–water partition coefficient (Wildman–Crippen LogP) is 2.85. The highest BCUT2D eigenvalue weighted by Gasteiger charge is 2.37. The Morgan fingerprint density at radius 1 is 1.00 bits per heavy atom. The second-order valence-corrected chi connectivity index (χ2v) is 8.81. The third-order valence-corrected chi connectivity index (χ3v) is 6.69. The average Bonchev–Trinajstić information content (AvgIpc) is 3.26. The van der Waals surface area contributed by atoms with Crippen molar-refractivity contribution in [3.63, 3.8) is 0 Å². The molecule has 0 saturated carbocycles. The number of benzene rings is 2. The summed E-state index contributed by atoms with van der Waals surface area (Å²) in [5.74, 6) is 1.60. The van der Waals surface area contributed by atoms with Gasteiger partial charge in [-0.15, -0.1) is 0 Å². The normalized spacial score (nSPS) is 19.2. The van der Waals surface area contributed by atoms with E-state index in [-0.39, 0.29) is 30.2 Å². The zero-order valence-electron chi connectivity index (χ0n) is 20.1. The van der Waals surface area contributed by atoms with Crippen molar-refractivity contribution in [1.29, 1.82) is 0 Å². The molecule has 8 heteroatoms. The lowest BCUT2D eigenvalue weighted by atomic mass is 10.0. The molecule has 182 valence electrons. The maximum Gasteiger partial charge on any atom is 0.227 e. The van der Waals surface area contributed by atoms with Gasteiger partial charge in [0, 0.05) is 50.3 Å². The fraction of sp³-hybridized carbons (Fsp3) is 0.462. The van der Waals surface area contributed by atoms with Crippen LogP contribution in [0.4, 0.5) is 5.69 Å². The summed E-state index contributed by atoms with van der Waals surface area (Å²) in [6.45, 7) is 2.97. The van der Waals surface area contributed by atoms with E-state index in [1.165, 1.54) is 5.56 Å². The molecule has 2 aromatic rings. The summed E-state index contributed by atoms with van der Waals surface area (Å²) in [5, 5.41) is 3.19. The monoisotopic (exact) mass is 467 g/mol. The van der Waals surface area contributed by atoms with Crippen molar-refractivity contribution in [2.24, 2.45) is 5.92 Å². The number of nitrogens with one attached hydrogen (secondary N) is 1. The number of hydrogen-bond donors (Lipinski definition) is 1. The topological polar surface area (TPSA) is 80.3 Å². The summed E-state index contributed by atoms with van der Waals surface area (Å²) in [7, 11) is 4.84. The maximum atomic E-state index is 13.0. The zero-order chi connectivity index (χ0) is 24.1. The number of anilines is 1. The smallest absolute Gasteiger partial charge is 0.227 e. The number of rotatable bonds is 8. The first kappa shape index (κ1) is 23.9. The van der Waals surface area contributed by atoms with E-state index >= 15 is 0 Å². The van der Waals surface area contributed by atoms with Crippen LogP contribution in [0.3, 0.4) is 0 Å². The summed E-state index contributed by atoms with van der Waals surface area (Å²) in [6.07, 6.45) is 1.96. The Morgan fingerprint density at radius 2 is 1.74 bits per heavy atom. The van der Waals surface area contributed by atoms with Crippen molar-refractivity contribution in [3.8, 4) is 17.2 Å². The Kier molecular flexibility index (Phi) is 7.57. The number of nitrogens with zero attached hydrogens (tertiary/aromatic N) is 2. The van der Waals surface area contributed by atoms with E-state index in [1.54, 1.807) is 44.4 Å². The minimum atomic E-state index is -0.380. The number of methoxy groups -OCH3 is 3. The van der Waals surface area contributed by atoms with E-state index in [9.17, 15) is 9.59 Å². The fourth-order valence-electron chi connectivity index (χ4n) is 4.75. The van der Waals surface area contributed by atoms with E-state index in [1.807, 2.05) is 18.2 Å². The molecule has 0 spiro atoms. The van der Waals surface area contributed by atoms with E-state index < -0.39 is 0 Å². The third-order valence-electron chi connectivity index (χ3n) is 6.69. The number of carbonyl (C=O) groups excluding carboxylic acids is 2. The first-order valence-corrected chi connectivity index (χ1v) is 11.7. The molecule has 0 aromatic heterocycles. The molecule has 2 fully saturated rings. The van der Waals surface area contributed by atoms with Crippen LogP contribution in [0, 0.1) is 5.92 Å². The van der Waals surface area contributed by atoms with Crippen LogP contribution in [0.25, 0.3) is 0 Å². The molecule has 2 aromatic carbocycles. The summed E-state index contributed by atoms with van der Waals surface area (Å²) < 4.78 is 16.2. The van der Waals surface area contributed by atoms with Gasteiger partial charge in [0.1, 0.15) is 17.2 Å². The van der Waals surface area contributed by atoms with Crippen LogP contribution in [0.1, 0.15) is 24.8 Å². The zero-order valence-corrected chi connectivity index (χ0v) is 20.1. The fourth-order valence-corrected chi connectivity index (χ4v) is 4.75. The van der Waals surface area contributed by atoms with E-state index in [0.717, 1.165) is 38.2 Å². The number of amides is 2. The molecule has 34 heavy (non-hydrogen) atoms. The van der Waals surface area contributed by atoms with Gasteiger partial charge in [0.25, 0.3) is 0 Å². The number of ether oxygens (including phenoxy) is 3. The molecule has 2 heterocycles. The highest BCUT2D eigenvalue weighted by atomic mass is 16.5. The van der Waals surface area contributed by atoms with Gasteiger partial charge >= 0.3 is 0 Å². The Bertz CT molecular complexity index is 1020. The SMILES string of the molecule is COc1ccc(OC)c(N2CC(C(=O)NC3CCN(Cc4ccccc4OC)CC3)CC2=O)c1. The predicted molar refractivity (Wildman–Crippen MR) is 129 cm³/mol. The molecule has 1 atom stereocenters. The molecule has 2 saturated heterocycles. The van der Waals surface area contributed by atoms with Crippen LogP contribution in [-0.4, -0.2) is 63.7 Å². The number of likely N-dealkylation sites (tertiary alicyclic amines) is 1. The maximum absolute atomic E-state index is 13.0. The quantitative estimate of drug-likeness (QED) is 0.643. The molecular weight excluding hydrogens is 434 g/mol. The first-order chi connectivity index (χ1) is 16.5. The lowest BCUT2D eigenvalue weighted by Crippen LogP contribution is -2.46. The van der Waals surface area contributed by atoms with Gasteiger partial charge in [0.2, 0.25) is 11.8 Å². The van der Waals surface area contributed by atoms with E-state index in [0.29, 0.717) is 23.7 Å². The highest BCUT2D eigenvalue weighted by molar-refractivity contribution is 6.01. The third kappa shape index (κ3) is 5.28. The standard InChI is InChI=1S/C26H33N3O5/c1-32-21-8-9-24(34-3)22(15-21)29-17-19(14-25(29)30)26(31)27-20-10-12-28(13-11-20)16-18-6-4-5-7-23(18)33-2/h4-9,15,19-20H,10-14,16-17H2,1-3H3,(H,27,31). The van der Waals surface area contributed by atoms with Crippen molar-refractivity contribution < 1.29 is 23.8 Å². The molecule has 4 rings (SSSR count). The second kappa shape index (κ2) is 10.8. The molecule has 2 aliphatic rings. The number of piperidine rings is 1. The lowest BCUT2D eigenvalue weighted by Gasteiger charge is -2.33. The molecule has 2 aliphatic heterocycles. The minimum Gasteiger partial charge on any atom is -0.497 e. The van der Waals surface area contributed by atoms with Gasteiger partial charge in [-0.05, 0) is 31.0 Å². The van der Waals surface area contributed by atoms with E-state index in [4.69, 9.17) is 14.2 Å². The molecule has 1 N–H and O–H groups in total. The first-order valence-electron chi connectivity index (χ1n) is 11.7. The molecule has 2 amide bonds. The van der Waals surface area contributed by atoms with Crippen LogP contribution < -0.4 is 24.4 Å². The van der Waals surface area contributed by atoms with Gasteiger partial charge in [-0.25, -0.2) is 0 Å². The molecule has 0 bridgehead atoms. The van der Waals surface area contributed by atoms with Crippen LogP contribution in [0.2, 0.25) is 0 Å². The highest BCUT2D eigenvalue weighted by Crippen LogP contribution is 2.36. The molecule has 1 unspecified atom stereocenters. The Morgan fingerprint density at radius 3 is 2.44 bits per heavy atom. The van der Waals surface area contributed by atoms with Crippen molar-refractivity contribution in [3.05, 3.63) is 48.0 Å². The van der Waals surface area contributed by atoms with Crippen LogP contribution in [0.15, 0.2) is 42.5 Å². The van der Waals surface area contributed by atoms with Gasteiger partial charge in [-0.2, -0.15) is 0 Å². The molecular formula is C26H33N3O5. The molecule has 8 nitrogen and oxygen atoms in total. The van der Waals surface area contributed by atoms with Crippen LogP contribution in [-0.2, 0) is 16.1 Å². The second-order valence-electron chi connectivity index (χ2n) is 8.81. The van der Waals surface area contributed by atoms with Crippen molar-refractivity contribution in [2.75, 3.05) is 45.9 Å². The molecule has 0 radical (unpaired) electrons. The number of carbonyl (C=O) groups is 2. The van der Waals surface area contributed by atoms with Crippen molar-refractivity contribution >= 4 is 17.5 Å². The van der Waals surface area contributed by atoms with Crippen molar-refractivity contribution in [1.82, 2.24) is 10.2 Å². The average molecular weight is 468 g/mol. The number of hydrogen-bond acceptors (Lipinski definition) is 6. The Labute approximate surface area is 200 Å². The Balaban J connectivity index is 1.31. The van der Waals surface area contributed by atoms with E-state index in [2.05, 4.69) is 16.3 Å².